The Bertz CT molecular complexity index is 377. The number of hydrogen-bond acceptors (Lipinski definition) is 0. The van der Waals surface area contributed by atoms with E-state index in [1.165, 1.54) is 11.1 Å². The Labute approximate surface area is 163 Å². The molecule has 2 aromatic rings. The van der Waals surface area contributed by atoms with E-state index in [4.69, 9.17) is 0 Å². The largest absolute Gasteiger partial charge is 4.00 e. The van der Waals surface area contributed by atoms with Gasteiger partial charge in [-0.1, -0.05) is 27.7 Å². The minimum Gasteiger partial charge on any atom is -0.373 e. The van der Waals surface area contributed by atoms with Crippen LogP contribution in [0.5, 0.6) is 0 Å². The van der Waals surface area contributed by atoms with Gasteiger partial charge in [-0.15, -0.1) is 25.7 Å². The molecule has 0 aliphatic carbocycles. The van der Waals surface area contributed by atoms with Crippen LogP contribution in [0.2, 0.25) is 0 Å². The molecule has 0 heterocycles. The molecule has 0 nitrogen and oxygen atoms in total. The molecular formula is C22H30Zr. The van der Waals surface area contributed by atoms with Gasteiger partial charge in [0.15, 0.2) is 0 Å². The molecular weight excluding hydrogens is 355 g/mol. The normalized spacial score (nSPS) is 10.6. The van der Waals surface area contributed by atoms with E-state index >= 15 is 0 Å². The average molecular weight is 386 g/mol. The van der Waals surface area contributed by atoms with Crippen molar-refractivity contribution in [3.05, 3.63) is 84.0 Å². The monoisotopic (exact) mass is 384 g/mol. The molecule has 0 bridgehead atoms. The number of allylic oxidation sites excluding steroid dienone is 4. The number of hydrogen-bond donors (Lipinski definition) is 0. The number of rotatable bonds is 5. The summed E-state index contributed by atoms with van der Waals surface area (Å²) >= 11 is 0. The molecule has 23 heavy (non-hydrogen) atoms. The van der Waals surface area contributed by atoms with E-state index < -0.39 is 0 Å². The molecule has 2 aromatic carbocycles. The molecule has 0 saturated heterocycles. The van der Waals surface area contributed by atoms with Crippen LogP contribution in [0, 0.1) is 12.2 Å². The van der Waals surface area contributed by atoms with Gasteiger partial charge >= 0.3 is 26.2 Å². The van der Waals surface area contributed by atoms with Crippen molar-refractivity contribution >= 4 is 0 Å². The predicted molar refractivity (Wildman–Crippen MR) is 98.7 cm³/mol. The molecule has 0 fully saturated rings. The van der Waals surface area contributed by atoms with Crippen LogP contribution < -0.4 is 0 Å². The molecule has 0 amide bonds. The van der Waals surface area contributed by atoms with Crippen molar-refractivity contribution in [1.29, 1.82) is 0 Å². The molecule has 122 valence electrons. The Balaban J connectivity index is 0. The fourth-order valence-corrected chi connectivity index (χ4v) is 1.96. The van der Waals surface area contributed by atoms with Crippen LogP contribution in [-0.4, -0.2) is 0 Å². The summed E-state index contributed by atoms with van der Waals surface area (Å²) in [5.74, 6) is 0. The van der Waals surface area contributed by atoms with Gasteiger partial charge in [-0.05, 0) is 0 Å². The molecule has 2 rings (SSSR count). The van der Waals surface area contributed by atoms with Crippen molar-refractivity contribution < 1.29 is 26.2 Å². The van der Waals surface area contributed by atoms with Gasteiger partial charge in [0.2, 0.25) is 0 Å². The fourth-order valence-electron chi connectivity index (χ4n) is 1.96. The van der Waals surface area contributed by atoms with E-state index in [9.17, 15) is 0 Å². The Hall–Kier alpha value is -0.937. The first-order valence-corrected chi connectivity index (χ1v) is 8.33. The molecule has 0 saturated carbocycles. The van der Waals surface area contributed by atoms with Crippen molar-refractivity contribution in [2.45, 2.75) is 53.4 Å². The molecule has 1 heteroatoms. The maximum absolute atomic E-state index is 3.39. The third-order valence-electron chi connectivity index (χ3n) is 2.96. The summed E-state index contributed by atoms with van der Waals surface area (Å²) in [6.07, 6.45) is 11.0. The average Bonchev–Trinajstić information content (AvgIpc) is 3.28. The van der Waals surface area contributed by atoms with Gasteiger partial charge in [0.25, 0.3) is 0 Å². The van der Waals surface area contributed by atoms with E-state index in [0.717, 1.165) is 25.7 Å². The first-order chi connectivity index (χ1) is 10.8. The SMILES string of the molecule is CC[C-]=C(CC)C(=[C-]CC)CC.[Zr+4].c1cc[cH-]c1.c1cc[cH-]c1. The topological polar surface area (TPSA) is 0 Å². The Morgan fingerprint density at radius 2 is 0.957 bits per heavy atom. The van der Waals surface area contributed by atoms with Gasteiger partial charge in [0.05, 0.1) is 0 Å². The molecule has 0 aliphatic rings. The fraction of sp³-hybridized carbons (Fsp3) is 0.364. The Kier molecular flexibility index (Phi) is 20.2. The van der Waals surface area contributed by atoms with Gasteiger partial charge in [0, 0.05) is 0 Å². The van der Waals surface area contributed by atoms with Crippen LogP contribution >= 0.6 is 0 Å². The molecule has 0 spiro atoms. The van der Waals surface area contributed by atoms with E-state index in [2.05, 4.69) is 39.8 Å². The van der Waals surface area contributed by atoms with Gasteiger partial charge in [0.1, 0.15) is 0 Å². The summed E-state index contributed by atoms with van der Waals surface area (Å²) in [4.78, 5) is 0. The van der Waals surface area contributed by atoms with E-state index in [1.807, 2.05) is 60.7 Å². The minimum absolute atomic E-state index is 0. The van der Waals surface area contributed by atoms with Crippen molar-refractivity contribution in [2.24, 2.45) is 0 Å². The van der Waals surface area contributed by atoms with E-state index in [1.54, 1.807) is 0 Å². The molecule has 0 radical (unpaired) electrons. The zero-order valence-electron chi connectivity index (χ0n) is 15.1. The molecule has 0 aliphatic heterocycles. The second kappa shape index (κ2) is 19.1. The summed E-state index contributed by atoms with van der Waals surface area (Å²) in [6.45, 7) is 8.64. The summed E-state index contributed by atoms with van der Waals surface area (Å²) in [5, 5.41) is 0. The van der Waals surface area contributed by atoms with Crippen LogP contribution in [-0.2, 0) is 26.2 Å². The van der Waals surface area contributed by atoms with Gasteiger partial charge in [-0.2, -0.15) is 36.4 Å². The van der Waals surface area contributed by atoms with Crippen molar-refractivity contribution in [3.8, 4) is 0 Å². The third kappa shape index (κ3) is 14.4. The summed E-state index contributed by atoms with van der Waals surface area (Å²) in [7, 11) is 0. The molecule has 0 aromatic heterocycles. The summed E-state index contributed by atoms with van der Waals surface area (Å²) in [5.41, 5.74) is 2.73. The second-order valence-electron chi connectivity index (χ2n) is 4.65. The van der Waals surface area contributed by atoms with Crippen LogP contribution in [0.25, 0.3) is 0 Å². The van der Waals surface area contributed by atoms with Crippen LogP contribution in [0.15, 0.2) is 71.8 Å². The standard InChI is InChI=1S/C12H20.2C5H5.Zr/c1-5-9-11(7-3)12(8-4)10-6-2;2*1-2-4-5-3-1;/h5-8H2,1-4H3;2*1-5H;/q-2;2*-1;+4. The quantitative estimate of drug-likeness (QED) is 0.388. The zero-order chi connectivity index (χ0) is 16.5. The maximum Gasteiger partial charge on any atom is 4.00 e. The Morgan fingerprint density at radius 3 is 1.09 bits per heavy atom. The maximum atomic E-state index is 3.39. The van der Waals surface area contributed by atoms with Crippen molar-refractivity contribution in [1.82, 2.24) is 0 Å². The zero-order valence-corrected chi connectivity index (χ0v) is 17.6. The molecule has 0 N–H and O–H groups in total. The van der Waals surface area contributed by atoms with Crippen LogP contribution in [0.1, 0.15) is 53.4 Å². The summed E-state index contributed by atoms with van der Waals surface area (Å²) in [6, 6.07) is 20.0. The minimum atomic E-state index is 0. The predicted octanol–water partition coefficient (Wildman–Crippen LogP) is 6.89. The van der Waals surface area contributed by atoms with E-state index in [0.29, 0.717) is 0 Å². The first kappa shape index (κ1) is 24.3. The van der Waals surface area contributed by atoms with Gasteiger partial charge in [-0.25, -0.2) is 24.3 Å². The first-order valence-electron chi connectivity index (χ1n) is 8.33. The van der Waals surface area contributed by atoms with Crippen LogP contribution in [0.3, 0.4) is 0 Å². The molecule has 0 unspecified atom stereocenters. The second-order valence-corrected chi connectivity index (χ2v) is 4.65. The van der Waals surface area contributed by atoms with Crippen LogP contribution in [0.4, 0.5) is 0 Å². The third-order valence-corrected chi connectivity index (χ3v) is 2.96. The van der Waals surface area contributed by atoms with Crippen molar-refractivity contribution in [2.75, 3.05) is 0 Å². The molecule has 0 atom stereocenters. The van der Waals surface area contributed by atoms with Gasteiger partial charge in [-0.3, -0.25) is 0 Å². The van der Waals surface area contributed by atoms with Crippen molar-refractivity contribution in [3.63, 3.8) is 0 Å². The summed E-state index contributed by atoms with van der Waals surface area (Å²) < 4.78 is 0. The smallest absolute Gasteiger partial charge is 0.373 e. The van der Waals surface area contributed by atoms with Gasteiger partial charge < -0.3 is 23.3 Å². The van der Waals surface area contributed by atoms with E-state index in [-0.39, 0.29) is 26.2 Å². The Morgan fingerprint density at radius 1 is 0.652 bits per heavy atom.